The molecule has 23 heavy (non-hydrogen) atoms. The fourth-order valence-corrected chi connectivity index (χ4v) is 2.63. The van der Waals surface area contributed by atoms with Crippen LogP contribution in [0.3, 0.4) is 0 Å². The molecule has 0 heterocycles. The highest BCUT2D eigenvalue weighted by molar-refractivity contribution is 9.10. The molecule has 0 saturated carbocycles. The molecule has 2 aromatic rings. The number of carbonyl (C=O) groups is 1. The lowest BCUT2D eigenvalue weighted by Gasteiger charge is -2.21. The van der Waals surface area contributed by atoms with Crippen molar-refractivity contribution in [2.75, 3.05) is 13.1 Å². The van der Waals surface area contributed by atoms with Crippen molar-refractivity contribution in [3.63, 3.8) is 0 Å². The smallest absolute Gasteiger partial charge is 0.176 e. The van der Waals surface area contributed by atoms with Crippen LogP contribution in [0.2, 0.25) is 0 Å². The van der Waals surface area contributed by atoms with E-state index in [0.717, 1.165) is 36.0 Å². The average Bonchev–Trinajstić information content (AvgIpc) is 2.54. The minimum Gasteiger partial charge on any atom is -0.293 e. The van der Waals surface area contributed by atoms with Crippen LogP contribution in [0.1, 0.15) is 35.7 Å². The van der Waals surface area contributed by atoms with Crippen molar-refractivity contribution in [2.45, 2.75) is 26.3 Å². The molecule has 2 nitrogen and oxygen atoms in total. The molecule has 0 bridgehead atoms. The van der Waals surface area contributed by atoms with Gasteiger partial charge >= 0.3 is 0 Å². The van der Waals surface area contributed by atoms with E-state index in [-0.39, 0.29) is 18.2 Å². The summed E-state index contributed by atoms with van der Waals surface area (Å²) in [6.45, 7) is 4.42. The Labute approximate surface area is 153 Å². The highest BCUT2D eigenvalue weighted by Crippen LogP contribution is 2.13. The van der Waals surface area contributed by atoms with Crippen LogP contribution < -0.4 is 0 Å². The van der Waals surface area contributed by atoms with Crippen molar-refractivity contribution >= 4 is 34.1 Å². The van der Waals surface area contributed by atoms with Crippen LogP contribution in [-0.4, -0.2) is 23.8 Å². The highest BCUT2D eigenvalue weighted by atomic mass is 79.9. The summed E-state index contributed by atoms with van der Waals surface area (Å²) in [5.74, 6) is 0.180. The Morgan fingerprint density at radius 1 is 1.04 bits per heavy atom. The van der Waals surface area contributed by atoms with E-state index in [1.165, 1.54) is 5.56 Å². The number of nitrogens with zero attached hydrogens (tertiary/aromatic N) is 1. The van der Waals surface area contributed by atoms with Crippen LogP contribution in [0, 0.1) is 0 Å². The number of unbranched alkanes of at least 4 members (excludes halogenated alkanes) is 1. The van der Waals surface area contributed by atoms with Gasteiger partial charge < -0.3 is 0 Å². The van der Waals surface area contributed by atoms with Gasteiger partial charge in [-0.3, -0.25) is 9.69 Å². The van der Waals surface area contributed by atoms with E-state index >= 15 is 0 Å². The maximum atomic E-state index is 12.5. The molecule has 0 atom stereocenters. The molecule has 0 aliphatic carbocycles. The zero-order chi connectivity index (χ0) is 15.8. The van der Waals surface area contributed by atoms with Crippen molar-refractivity contribution in [1.82, 2.24) is 4.90 Å². The molecule has 0 fully saturated rings. The number of carbonyl (C=O) groups excluding carboxylic acids is 1. The Kier molecular flexibility index (Phi) is 9.15. The Bertz CT molecular complexity index is 586. The lowest BCUT2D eigenvalue weighted by molar-refractivity contribution is 0.0924. The summed E-state index contributed by atoms with van der Waals surface area (Å²) in [5.41, 5.74) is 2.03. The van der Waals surface area contributed by atoms with Crippen molar-refractivity contribution in [2.24, 2.45) is 0 Å². The van der Waals surface area contributed by atoms with Gasteiger partial charge in [0.1, 0.15) is 0 Å². The second-order valence-corrected chi connectivity index (χ2v) is 6.40. The Hall–Kier alpha value is -1.16. The summed E-state index contributed by atoms with van der Waals surface area (Å²) in [4.78, 5) is 14.7. The summed E-state index contributed by atoms with van der Waals surface area (Å²) >= 11 is 3.40. The fraction of sp³-hybridized carbons (Fsp3) is 0.316. The summed E-state index contributed by atoms with van der Waals surface area (Å²) in [5, 5.41) is 0. The SMILES string of the molecule is CCCCN(CC(=O)c1ccc(Br)cc1)Cc1ccccc1.Cl. The molecule has 2 rings (SSSR count). The van der Waals surface area contributed by atoms with E-state index in [4.69, 9.17) is 0 Å². The van der Waals surface area contributed by atoms with Gasteiger partial charge in [-0.25, -0.2) is 0 Å². The number of Topliss-reactive ketones (excluding diaryl/α,β-unsaturated/α-hetero) is 1. The Morgan fingerprint density at radius 2 is 1.70 bits per heavy atom. The Balaban J connectivity index is 0.00000264. The van der Waals surface area contributed by atoms with Gasteiger partial charge in [0, 0.05) is 16.6 Å². The molecule has 0 amide bonds. The fourth-order valence-electron chi connectivity index (χ4n) is 2.37. The van der Waals surface area contributed by atoms with E-state index in [0.29, 0.717) is 6.54 Å². The van der Waals surface area contributed by atoms with Crippen molar-refractivity contribution in [1.29, 1.82) is 0 Å². The molecule has 0 N–H and O–H groups in total. The summed E-state index contributed by atoms with van der Waals surface area (Å²) < 4.78 is 0.996. The second-order valence-electron chi connectivity index (χ2n) is 5.48. The minimum atomic E-state index is 0. The first-order valence-electron chi connectivity index (χ1n) is 7.74. The summed E-state index contributed by atoms with van der Waals surface area (Å²) in [6, 6.07) is 17.9. The van der Waals surface area contributed by atoms with Gasteiger partial charge in [0.25, 0.3) is 0 Å². The lowest BCUT2D eigenvalue weighted by Crippen LogP contribution is -2.30. The molecule has 2 aromatic carbocycles. The van der Waals surface area contributed by atoms with E-state index in [2.05, 4.69) is 39.9 Å². The zero-order valence-electron chi connectivity index (χ0n) is 13.4. The number of halogens is 2. The number of hydrogen-bond donors (Lipinski definition) is 0. The van der Waals surface area contributed by atoms with Gasteiger partial charge in [-0.1, -0.05) is 71.7 Å². The van der Waals surface area contributed by atoms with E-state index < -0.39 is 0 Å². The van der Waals surface area contributed by atoms with Crippen LogP contribution in [0.25, 0.3) is 0 Å². The van der Waals surface area contributed by atoms with E-state index in [1.54, 1.807) is 0 Å². The predicted octanol–water partition coefficient (Wildman–Crippen LogP) is 5.36. The third-order valence-corrected chi connectivity index (χ3v) is 4.14. The second kappa shape index (κ2) is 10.6. The predicted molar refractivity (Wildman–Crippen MR) is 102 cm³/mol. The third-order valence-electron chi connectivity index (χ3n) is 3.61. The average molecular weight is 397 g/mol. The highest BCUT2D eigenvalue weighted by Gasteiger charge is 2.12. The Morgan fingerprint density at radius 3 is 2.30 bits per heavy atom. The van der Waals surface area contributed by atoms with Crippen LogP contribution in [-0.2, 0) is 6.54 Å². The first kappa shape index (κ1) is 19.9. The number of rotatable bonds is 8. The van der Waals surface area contributed by atoms with Gasteiger partial charge in [-0.2, -0.15) is 0 Å². The molecular formula is C19H23BrClNO. The van der Waals surface area contributed by atoms with Crippen LogP contribution in [0.5, 0.6) is 0 Å². The quantitative estimate of drug-likeness (QED) is 0.560. The maximum absolute atomic E-state index is 12.5. The molecule has 124 valence electrons. The largest absolute Gasteiger partial charge is 0.293 e. The van der Waals surface area contributed by atoms with Crippen LogP contribution in [0.15, 0.2) is 59.1 Å². The molecule has 0 spiro atoms. The zero-order valence-corrected chi connectivity index (χ0v) is 15.8. The number of ketones is 1. The molecule has 0 radical (unpaired) electrons. The summed E-state index contributed by atoms with van der Waals surface area (Å²) in [7, 11) is 0. The third kappa shape index (κ3) is 6.86. The molecular weight excluding hydrogens is 374 g/mol. The molecule has 0 aliphatic heterocycles. The van der Waals surface area contributed by atoms with Gasteiger partial charge in [-0.05, 0) is 30.7 Å². The molecule has 0 aliphatic rings. The van der Waals surface area contributed by atoms with Gasteiger partial charge in [0.2, 0.25) is 0 Å². The van der Waals surface area contributed by atoms with Gasteiger partial charge in [-0.15, -0.1) is 12.4 Å². The number of hydrogen-bond acceptors (Lipinski definition) is 2. The minimum absolute atomic E-state index is 0. The summed E-state index contributed by atoms with van der Waals surface area (Å²) in [6.07, 6.45) is 2.25. The molecule has 0 aromatic heterocycles. The topological polar surface area (TPSA) is 20.3 Å². The number of benzene rings is 2. The van der Waals surface area contributed by atoms with E-state index in [1.807, 2.05) is 42.5 Å². The standard InChI is InChI=1S/C19H22BrNO.ClH/c1-2-3-13-21(14-16-7-5-4-6-8-16)15-19(22)17-9-11-18(20)12-10-17;/h4-12H,2-3,13-15H2,1H3;1H. The van der Waals surface area contributed by atoms with Crippen molar-refractivity contribution in [3.05, 3.63) is 70.2 Å². The normalized spacial score (nSPS) is 10.4. The van der Waals surface area contributed by atoms with Crippen molar-refractivity contribution < 1.29 is 4.79 Å². The van der Waals surface area contributed by atoms with Crippen LogP contribution in [0.4, 0.5) is 0 Å². The molecule has 4 heteroatoms. The first-order chi connectivity index (χ1) is 10.7. The lowest BCUT2D eigenvalue weighted by atomic mass is 10.1. The molecule has 0 unspecified atom stereocenters. The molecule has 0 saturated heterocycles. The van der Waals surface area contributed by atoms with Gasteiger partial charge in [0.15, 0.2) is 5.78 Å². The monoisotopic (exact) mass is 395 g/mol. The van der Waals surface area contributed by atoms with Gasteiger partial charge in [0.05, 0.1) is 6.54 Å². The first-order valence-corrected chi connectivity index (χ1v) is 8.53. The van der Waals surface area contributed by atoms with E-state index in [9.17, 15) is 4.79 Å². The van der Waals surface area contributed by atoms with Crippen molar-refractivity contribution in [3.8, 4) is 0 Å². The maximum Gasteiger partial charge on any atom is 0.176 e. The van der Waals surface area contributed by atoms with Crippen LogP contribution >= 0.6 is 28.3 Å².